The van der Waals surface area contributed by atoms with E-state index in [9.17, 15) is 17.6 Å². The van der Waals surface area contributed by atoms with Gasteiger partial charge in [-0.3, -0.25) is 0 Å². The van der Waals surface area contributed by atoms with Crippen LogP contribution in [0.5, 0.6) is 0 Å². The van der Waals surface area contributed by atoms with Crippen molar-refractivity contribution in [2.75, 3.05) is 0 Å². The number of hydrogen-bond donors (Lipinski definition) is 0. The van der Waals surface area contributed by atoms with Crippen molar-refractivity contribution in [3.05, 3.63) is 29.0 Å². The van der Waals surface area contributed by atoms with Gasteiger partial charge in [0.2, 0.25) is 0 Å². The second-order valence-corrected chi connectivity index (χ2v) is 4.21. The van der Waals surface area contributed by atoms with E-state index in [1.807, 2.05) is 0 Å². The predicted octanol–water partition coefficient (Wildman–Crippen LogP) is 1.50. The zero-order valence-corrected chi connectivity index (χ0v) is 8.14. The minimum atomic E-state index is -4.23. The van der Waals surface area contributed by atoms with Gasteiger partial charge in [0, 0.05) is 0 Å². The van der Waals surface area contributed by atoms with Crippen LogP contribution in [0.3, 0.4) is 0 Å². The smallest absolute Gasteiger partial charge is 0.210 e. The summed E-state index contributed by atoms with van der Waals surface area (Å²) in [7, 11) is -4.23. The molecule has 0 spiro atoms. The number of carbonyl (C=O) groups excluding carboxylic acids is 1. The van der Waals surface area contributed by atoms with E-state index in [0.717, 1.165) is 18.2 Å². The first-order valence-corrected chi connectivity index (χ1v) is 5.08. The summed E-state index contributed by atoms with van der Waals surface area (Å²) in [4.78, 5) is 9.23. The molecule has 0 unspecified atom stereocenters. The Morgan fingerprint density at radius 1 is 1.43 bits per heavy atom. The maximum absolute atomic E-state index is 12.7. The van der Waals surface area contributed by atoms with E-state index in [1.54, 1.807) is 0 Å². The molecule has 1 aromatic rings. The molecule has 7 heteroatoms. The molecule has 14 heavy (non-hydrogen) atoms. The molecule has 0 radical (unpaired) electrons. The van der Waals surface area contributed by atoms with Crippen LogP contribution in [-0.4, -0.2) is 14.5 Å². The van der Waals surface area contributed by atoms with Crippen LogP contribution in [0.1, 0.15) is 0 Å². The summed E-state index contributed by atoms with van der Waals surface area (Å²) in [5.74, 6) is -0.783. The molecule has 0 aliphatic carbocycles. The number of halogens is 2. The van der Waals surface area contributed by atoms with E-state index in [1.165, 1.54) is 0 Å². The van der Waals surface area contributed by atoms with E-state index in [2.05, 4.69) is 4.40 Å². The SMILES string of the molecule is O=C=NS(=O)(=O)c1cc(F)ccc1Cl. The molecule has 0 N–H and O–H groups in total. The third-order valence-electron chi connectivity index (χ3n) is 1.33. The fourth-order valence-electron chi connectivity index (χ4n) is 0.773. The molecular weight excluding hydrogens is 233 g/mol. The minimum absolute atomic E-state index is 0.203. The number of benzene rings is 1. The Hall–Kier alpha value is -1.23. The third-order valence-corrected chi connectivity index (χ3v) is 2.98. The second kappa shape index (κ2) is 3.88. The van der Waals surface area contributed by atoms with Gasteiger partial charge in [0.1, 0.15) is 10.7 Å². The van der Waals surface area contributed by atoms with Gasteiger partial charge in [-0.2, -0.15) is 8.42 Å². The van der Waals surface area contributed by atoms with E-state index in [0.29, 0.717) is 6.07 Å². The lowest BCUT2D eigenvalue weighted by atomic mass is 10.3. The Balaban J connectivity index is 3.46. The molecule has 1 rings (SSSR count). The Bertz CT molecular complexity index is 508. The van der Waals surface area contributed by atoms with Crippen molar-refractivity contribution in [2.24, 2.45) is 4.40 Å². The molecule has 0 bridgehead atoms. The Labute approximate surface area is 84.1 Å². The summed E-state index contributed by atoms with van der Waals surface area (Å²) in [6, 6.07) is 2.73. The normalized spacial score (nSPS) is 10.7. The summed E-state index contributed by atoms with van der Waals surface area (Å²) in [6.45, 7) is 0. The molecular formula is C7H3ClFNO3S. The molecule has 0 aliphatic heterocycles. The van der Waals surface area contributed by atoms with Crippen molar-refractivity contribution in [1.82, 2.24) is 0 Å². The zero-order chi connectivity index (χ0) is 10.8. The number of rotatable bonds is 2. The largest absolute Gasteiger partial charge is 0.294 e. The summed E-state index contributed by atoms with van der Waals surface area (Å²) in [6.07, 6.45) is 0.859. The second-order valence-electron chi connectivity index (χ2n) is 2.23. The summed E-state index contributed by atoms with van der Waals surface area (Å²) in [5.41, 5.74) is 0. The highest BCUT2D eigenvalue weighted by Gasteiger charge is 2.17. The average Bonchev–Trinajstić information content (AvgIpc) is 2.09. The summed E-state index contributed by atoms with van der Waals surface area (Å²) >= 11 is 5.48. The van der Waals surface area contributed by atoms with Gasteiger partial charge in [0.15, 0.2) is 0 Å². The topological polar surface area (TPSA) is 63.6 Å². The van der Waals surface area contributed by atoms with Crippen LogP contribution in [0.25, 0.3) is 0 Å². The minimum Gasteiger partial charge on any atom is -0.210 e. The zero-order valence-electron chi connectivity index (χ0n) is 6.57. The first-order valence-electron chi connectivity index (χ1n) is 3.26. The molecule has 0 aliphatic rings. The van der Waals surface area contributed by atoms with Crippen molar-refractivity contribution in [3.8, 4) is 0 Å². The lowest BCUT2D eigenvalue weighted by Gasteiger charge is -1.99. The highest BCUT2D eigenvalue weighted by Crippen LogP contribution is 2.23. The lowest BCUT2D eigenvalue weighted by Crippen LogP contribution is -1.98. The maximum atomic E-state index is 12.7. The van der Waals surface area contributed by atoms with Crippen LogP contribution in [0, 0.1) is 5.82 Å². The highest BCUT2D eigenvalue weighted by molar-refractivity contribution is 7.90. The Kier molecular flexibility index (Phi) is 3.00. The van der Waals surface area contributed by atoms with Crippen molar-refractivity contribution in [2.45, 2.75) is 4.90 Å². The number of nitrogens with zero attached hydrogens (tertiary/aromatic N) is 1. The van der Waals surface area contributed by atoms with Crippen molar-refractivity contribution in [1.29, 1.82) is 0 Å². The molecule has 0 saturated heterocycles. The van der Waals surface area contributed by atoms with Gasteiger partial charge < -0.3 is 0 Å². The van der Waals surface area contributed by atoms with Crippen molar-refractivity contribution >= 4 is 27.7 Å². The van der Waals surface area contributed by atoms with Crippen LogP contribution in [-0.2, 0) is 14.8 Å². The molecule has 0 fully saturated rings. The molecule has 0 heterocycles. The molecule has 74 valence electrons. The maximum Gasteiger partial charge on any atom is 0.294 e. The quantitative estimate of drug-likeness (QED) is 0.576. The van der Waals surface area contributed by atoms with Crippen LogP contribution in [0.4, 0.5) is 4.39 Å². The molecule has 0 atom stereocenters. The average molecular weight is 236 g/mol. The molecule has 0 amide bonds. The monoisotopic (exact) mass is 235 g/mol. The number of sulfonamides is 1. The Morgan fingerprint density at radius 3 is 2.64 bits per heavy atom. The van der Waals surface area contributed by atoms with Gasteiger partial charge in [-0.1, -0.05) is 16.0 Å². The van der Waals surface area contributed by atoms with E-state index >= 15 is 0 Å². The molecule has 4 nitrogen and oxygen atoms in total. The Morgan fingerprint density at radius 2 is 2.07 bits per heavy atom. The highest BCUT2D eigenvalue weighted by atomic mass is 35.5. The van der Waals surface area contributed by atoms with Crippen LogP contribution < -0.4 is 0 Å². The van der Waals surface area contributed by atoms with Crippen molar-refractivity contribution < 1.29 is 17.6 Å². The molecule has 0 aromatic heterocycles. The van der Waals surface area contributed by atoms with Crippen LogP contribution in [0.15, 0.2) is 27.5 Å². The standard InChI is InChI=1S/C7H3ClFNO3S/c8-6-2-1-5(9)3-7(6)14(12,13)10-4-11/h1-3H. The summed E-state index contributed by atoms with van der Waals surface area (Å²) < 4.78 is 37.4. The first-order chi connectivity index (χ1) is 6.47. The summed E-state index contributed by atoms with van der Waals surface area (Å²) in [5, 5.41) is -0.203. The van der Waals surface area contributed by atoms with Crippen LogP contribution >= 0.6 is 11.6 Å². The molecule has 0 saturated carbocycles. The van der Waals surface area contributed by atoms with Gasteiger partial charge >= 0.3 is 0 Å². The van der Waals surface area contributed by atoms with Gasteiger partial charge in [-0.25, -0.2) is 9.18 Å². The van der Waals surface area contributed by atoms with Gasteiger partial charge in [-0.05, 0) is 18.2 Å². The fraction of sp³-hybridized carbons (Fsp3) is 0. The van der Waals surface area contributed by atoms with Gasteiger partial charge in [0.05, 0.1) is 5.02 Å². The van der Waals surface area contributed by atoms with Gasteiger partial charge in [-0.15, -0.1) is 0 Å². The van der Waals surface area contributed by atoms with E-state index in [-0.39, 0.29) is 5.02 Å². The first kappa shape index (κ1) is 10.8. The van der Waals surface area contributed by atoms with E-state index in [4.69, 9.17) is 11.6 Å². The van der Waals surface area contributed by atoms with E-state index < -0.39 is 20.7 Å². The fourth-order valence-corrected chi connectivity index (χ4v) is 1.96. The van der Waals surface area contributed by atoms with Crippen molar-refractivity contribution in [3.63, 3.8) is 0 Å². The third kappa shape index (κ3) is 2.17. The number of hydrogen-bond acceptors (Lipinski definition) is 3. The lowest BCUT2D eigenvalue weighted by molar-refractivity contribution is 0.563. The van der Waals surface area contributed by atoms with Gasteiger partial charge in [0.25, 0.3) is 16.1 Å². The molecule has 1 aromatic carbocycles. The number of isocyanates is 1. The predicted molar refractivity (Wildman–Crippen MR) is 46.7 cm³/mol. The van der Waals surface area contributed by atoms with Crippen LogP contribution in [0.2, 0.25) is 5.02 Å².